The number of rotatable bonds is 2. The van der Waals surface area contributed by atoms with Gasteiger partial charge in [0.15, 0.2) is 9.84 Å². The van der Waals surface area contributed by atoms with Crippen molar-refractivity contribution in [3.63, 3.8) is 0 Å². The number of nitrogens with two attached hydrogens (primary N) is 1. The van der Waals surface area contributed by atoms with Crippen molar-refractivity contribution in [2.45, 2.75) is 11.8 Å². The van der Waals surface area contributed by atoms with Gasteiger partial charge in [-0.1, -0.05) is 18.2 Å². The summed E-state index contributed by atoms with van der Waals surface area (Å²) in [5.41, 5.74) is 9.71. The quantitative estimate of drug-likeness (QED) is 0.786. The highest BCUT2D eigenvalue weighted by Gasteiger charge is 2.14. The van der Waals surface area contributed by atoms with Gasteiger partial charge in [-0.15, -0.1) is 0 Å². The second-order valence-electron chi connectivity index (χ2n) is 5.20. The van der Waals surface area contributed by atoms with Crippen molar-refractivity contribution in [2.75, 3.05) is 12.0 Å². The van der Waals surface area contributed by atoms with E-state index in [1.54, 1.807) is 12.3 Å². The van der Waals surface area contributed by atoms with Crippen LogP contribution in [-0.2, 0) is 9.84 Å². The fourth-order valence-electron chi connectivity index (χ4n) is 2.36. The lowest BCUT2D eigenvalue weighted by atomic mass is 10.0. The highest BCUT2D eigenvalue weighted by Crippen LogP contribution is 2.31. The molecule has 0 aliphatic carbocycles. The molecule has 3 rings (SSSR count). The van der Waals surface area contributed by atoms with Gasteiger partial charge >= 0.3 is 0 Å². The number of para-hydroxylation sites is 1. The minimum Gasteiger partial charge on any atom is -0.398 e. The zero-order valence-electron chi connectivity index (χ0n) is 12.2. The molecule has 112 valence electrons. The number of anilines is 1. The van der Waals surface area contributed by atoms with E-state index < -0.39 is 9.84 Å². The van der Waals surface area contributed by atoms with Crippen molar-refractivity contribution in [1.29, 1.82) is 0 Å². The number of fused-ring (bicyclic) bond motifs is 1. The topological polar surface area (TPSA) is 85.9 Å². The Bertz CT molecular complexity index is 982. The minimum absolute atomic E-state index is 0.165. The number of nitrogens with zero attached hydrogens (tertiary/aromatic N) is 2. The maximum absolute atomic E-state index is 11.7. The maximum atomic E-state index is 11.7. The average molecular weight is 313 g/mol. The Balaban J connectivity index is 2.29. The summed E-state index contributed by atoms with van der Waals surface area (Å²) in [6.07, 6.45) is 4.08. The first-order valence-corrected chi connectivity index (χ1v) is 8.57. The van der Waals surface area contributed by atoms with E-state index in [0.717, 1.165) is 22.7 Å². The molecular formula is C16H15N3O2S. The predicted molar refractivity (Wildman–Crippen MR) is 87.2 cm³/mol. The Kier molecular flexibility index (Phi) is 3.33. The van der Waals surface area contributed by atoms with E-state index in [9.17, 15) is 8.42 Å². The van der Waals surface area contributed by atoms with Gasteiger partial charge in [0.25, 0.3) is 0 Å². The van der Waals surface area contributed by atoms with Crippen molar-refractivity contribution in [3.8, 4) is 11.3 Å². The lowest BCUT2D eigenvalue weighted by Gasteiger charge is -2.11. The zero-order valence-corrected chi connectivity index (χ0v) is 13.1. The van der Waals surface area contributed by atoms with Crippen LogP contribution in [-0.4, -0.2) is 24.6 Å². The van der Waals surface area contributed by atoms with Crippen LogP contribution in [0.1, 0.15) is 5.56 Å². The van der Waals surface area contributed by atoms with Crippen LogP contribution < -0.4 is 5.73 Å². The first-order chi connectivity index (χ1) is 10.4. The molecule has 2 heterocycles. The fourth-order valence-corrected chi connectivity index (χ4v) is 2.96. The Morgan fingerprint density at radius 3 is 2.59 bits per heavy atom. The molecule has 0 radical (unpaired) electrons. The summed E-state index contributed by atoms with van der Waals surface area (Å²) in [5, 5.41) is 0.885. The molecule has 0 aliphatic rings. The van der Waals surface area contributed by atoms with E-state index in [2.05, 4.69) is 9.97 Å². The summed E-state index contributed by atoms with van der Waals surface area (Å²) < 4.78 is 23.4. The van der Waals surface area contributed by atoms with Gasteiger partial charge in [0.2, 0.25) is 0 Å². The molecule has 22 heavy (non-hydrogen) atoms. The van der Waals surface area contributed by atoms with E-state index >= 15 is 0 Å². The van der Waals surface area contributed by atoms with E-state index in [0.29, 0.717) is 16.9 Å². The monoisotopic (exact) mass is 313 g/mol. The van der Waals surface area contributed by atoms with Gasteiger partial charge in [-0.25, -0.2) is 13.4 Å². The summed E-state index contributed by atoms with van der Waals surface area (Å²) >= 11 is 0. The van der Waals surface area contributed by atoms with Crippen molar-refractivity contribution in [1.82, 2.24) is 9.97 Å². The molecule has 0 saturated carbocycles. The molecule has 0 saturated heterocycles. The molecule has 2 aromatic heterocycles. The molecule has 5 nitrogen and oxygen atoms in total. The second kappa shape index (κ2) is 5.06. The number of pyridine rings is 2. The summed E-state index contributed by atoms with van der Waals surface area (Å²) in [5.74, 6) is 0. The largest absolute Gasteiger partial charge is 0.398 e. The van der Waals surface area contributed by atoms with E-state index in [4.69, 9.17) is 5.73 Å². The second-order valence-corrected chi connectivity index (χ2v) is 7.21. The number of hydrogen-bond acceptors (Lipinski definition) is 5. The Labute approximate surface area is 128 Å². The number of hydrogen-bond donors (Lipinski definition) is 1. The molecular weight excluding hydrogens is 298 g/mol. The van der Waals surface area contributed by atoms with Crippen LogP contribution in [0.3, 0.4) is 0 Å². The van der Waals surface area contributed by atoms with Crippen molar-refractivity contribution in [3.05, 3.63) is 48.3 Å². The van der Waals surface area contributed by atoms with Crippen molar-refractivity contribution in [2.24, 2.45) is 0 Å². The summed E-state index contributed by atoms with van der Waals surface area (Å²) in [4.78, 5) is 8.80. The summed E-state index contributed by atoms with van der Waals surface area (Å²) in [6, 6.07) is 9.17. The SMILES string of the molecule is Cc1c(-c2cncc(S(C)(=O)=O)c2)nc2ccccc2c1N. The molecule has 0 unspecified atom stereocenters. The van der Waals surface area contributed by atoms with Crippen LogP contribution in [0, 0.1) is 6.92 Å². The van der Waals surface area contributed by atoms with Crippen molar-refractivity contribution < 1.29 is 8.42 Å². The fraction of sp³-hybridized carbons (Fsp3) is 0.125. The normalized spacial score (nSPS) is 11.7. The van der Waals surface area contributed by atoms with Crippen molar-refractivity contribution >= 4 is 26.4 Å². The number of aromatic nitrogens is 2. The third kappa shape index (κ3) is 2.42. The Hall–Kier alpha value is -2.47. The highest BCUT2D eigenvalue weighted by molar-refractivity contribution is 7.90. The first kappa shape index (κ1) is 14.5. The van der Waals surface area contributed by atoms with Gasteiger partial charge in [-0.2, -0.15) is 0 Å². The third-order valence-electron chi connectivity index (χ3n) is 3.60. The number of benzene rings is 1. The molecule has 0 fully saturated rings. The van der Waals surface area contributed by atoms with Crippen LogP contribution in [0.4, 0.5) is 5.69 Å². The smallest absolute Gasteiger partial charge is 0.177 e. The zero-order chi connectivity index (χ0) is 15.9. The van der Waals surface area contributed by atoms with Gasteiger partial charge in [0.1, 0.15) is 0 Å². The molecule has 1 aromatic carbocycles. The molecule has 2 N–H and O–H groups in total. The van der Waals surface area contributed by atoms with Crippen LogP contribution in [0.15, 0.2) is 47.6 Å². The lowest BCUT2D eigenvalue weighted by Crippen LogP contribution is -2.01. The average Bonchev–Trinajstić information content (AvgIpc) is 2.50. The van der Waals surface area contributed by atoms with Gasteiger partial charge < -0.3 is 5.73 Å². The molecule has 0 spiro atoms. The van der Waals surface area contributed by atoms with Crippen LogP contribution in [0.25, 0.3) is 22.2 Å². The minimum atomic E-state index is -3.32. The highest BCUT2D eigenvalue weighted by atomic mass is 32.2. The van der Waals surface area contributed by atoms with Gasteiger partial charge in [0.05, 0.1) is 16.1 Å². The van der Waals surface area contributed by atoms with E-state index in [1.165, 1.54) is 6.20 Å². The molecule has 0 aliphatic heterocycles. The van der Waals surface area contributed by atoms with Crippen LogP contribution in [0.2, 0.25) is 0 Å². The van der Waals surface area contributed by atoms with Gasteiger partial charge in [-0.3, -0.25) is 4.98 Å². The van der Waals surface area contributed by atoms with Gasteiger partial charge in [0, 0.05) is 35.3 Å². The lowest BCUT2D eigenvalue weighted by molar-refractivity contribution is 0.601. The maximum Gasteiger partial charge on any atom is 0.177 e. The predicted octanol–water partition coefficient (Wildman–Crippen LogP) is 2.59. The van der Waals surface area contributed by atoms with E-state index in [-0.39, 0.29) is 4.90 Å². The third-order valence-corrected chi connectivity index (χ3v) is 4.68. The molecule has 0 amide bonds. The van der Waals surface area contributed by atoms with E-state index in [1.807, 2.05) is 31.2 Å². The Morgan fingerprint density at radius 2 is 1.86 bits per heavy atom. The van der Waals surface area contributed by atoms with Crippen LogP contribution >= 0.6 is 0 Å². The number of nitrogen functional groups attached to an aromatic ring is 1. The molecule has 0 bridgehead atoms. The molecule has 3 aromatic rings. The van der Waals surface area contributed by atoms with Crippen LogP contribution in [0.5, 0.6) is 0 Å². The number of sulfone groups is 1. The standard InChI is InChI=1S/C16H15N3O2S/c1-10-15(17)13-5-3-4-6-14(13)19-16(10)11-7-12(9-18-8-11)22(2,20)21/h3-9H,1-2H3,(H2,17,19). The Morgan fingerprint density at radius 1 is 1.14 bits per heavy atom. The molecule has 6 heteroatoms. The summed E-state index contributed by atoms with van der Waals surface area (Å²) in [6.45, 7) is 1.87. The van der Waals surface area contributed by atoms with Gasteiger partial charge in [-0.05, 0) is 24.6 Å². The summed E-state index contributed by atoms with van der Waals surface area (Å²) in [7, 11) is -3.32. The first-order valence-electron chi connectivity index (χ1n) is 6.68. The molecule has 0 atom stereocenters.